The molecule has 0 aromatic rings. The Balaban J connectivity index is 4.52. The Morgan fingerprint density at radius 2 is 1.79 bits per heavy atom. The molecule has 7 nitrogen and oxygen atoms in total. The molecule has 0 aromatic heterocycles. The Bertz CT molecular complexity index is 407. The van der Waals surface area contributed by atoms with E-state index in [2.05, 4.69) is 10.0 Å². The lowest BCUT2D eigenvalue weighted by molar-refractivity contribution is -0.142. The van der Waals surface area contributed by atoms with Gasteiger partial charge < -0.3 is 10.4 Å². The molecular weight excluding hydrogens is 272 g/mol. The summed E-state index contributed by atoms with van der Waals surface area (Å²) in [5.41, 5.74) is 0. The van der Waals surface area contributed by atoms with Crippen LogP contribution in [0.2, 0.25) is 0 Å². The fraction of sp³-hybridized carbons (Fsp3) is 0.818. The first-order valence-electron chi connectivity index (χ1n) is 6.26. The zero-order valence-electron chi connectivity index (χ0n) is 11.5. The number of carboxylic acids is 1. The maximum atomic E-state index is 11.7. The average Bonchev–Trinajstić information content (AvgIpc) is 2.27. The van der Waals surface area contributed by atoms with Crippen LogP contribution in [0.1, 0.15) is 40.0 Å². The fourth-order valence-electron chi connectivity index (χ4n) is 1.49. The molecule has 0 radical (unpaired) electrons. The summed E-state index contributed by atoms with van der Waals surface area (Å²) in [5, 5.41) is 11.2. The third kappa shape index (κ3) is 7.12. The maximum Gasteiger partial charge on any atom is 0.326 e. The van der Waals surface area contributed by atoms with E-state index in [1.807, 2.05) is 0 Å². The number of sulfonamides is 1. The largest absolute Gasteiger partial charge is 0.480 e. The molecule has 0 fully saturated rings. The van der Waals surface area contributed by atoms with Crippen molar-refractivity contribution in [3.8, 4) is 0 Å². The molecule has 0 spiro atoms. The standard InChI is InChI=1S/C11H22N2O5S/c1-4-6-9(11(15)16)12-10(14)8(3)13-19(17,18)7-5-2/h8-9,13H,4-7H2,1-3H3,(H,12,14)(H,15,16)/t8?,9-/m0/s1. The monoisotopic (exact) mass is 294 g/mol. The zero-order valence-corrected chi connectivity index (χ0v) is 12.3. The topological polar surface area (TPSA) is 113 Å². The highest BCUT2D eigenvalue weighted by Crippen LogP contribution is 1.99. The minimum Gasteiger partial charge on any atom is -0.480 e. The number of nitrogens with one attached hydrogen (secondary N) is 2. The summed E-state index contributed by atoms with van der Waals surface area (Å²) in [5.74, 6) is -1.83. The van der Waals surface area contributed by atoms with Crippen molar-refractivity contribution in [1.82, 2.24) is 10.0 Å². The number of amides is 1. The van der Waals surface area contributed by atoms with Crippen molar-refractivity contribution in [2.75, 3.05) is 5.75 Å². The van der Waals surface area contributed by atoms with Crippen molar-refractivity contribution in [1.29, 1.82) is 0 Å². The molecular formula is C11H22N2O5S. The van der Waals surface area contributed by atoms with E-state index in [9.17, 15) is 18.0 Å². The number of rotatable bonds is 9. The summed E-state index contributed by atoms with van der Waals surface area (Å²) >= 11 is 0. The second-order valence-electron chi connectivity index (χ2n) is 4.35. The first kappa shape index (κ1) is 17.8. The second-order valence-corrected chi connectivity index (χ2v) is 6.22. The van der Waals surface area contributed by atoms with Crippen LogP contribution in [0.3, 0.4) is 0 Å². The molecule has 0 heterocycles. The molecule has 112 valence electrons. The smallest absolute Gasteiger partial charge is 0.326 e. The molecule has 0 aromatic carbocycles. The van der Waals surface area contributed by atoms with Crippen LogP contribution < -0.4 is 10.0 Å². The van der Waals surface area contributed by atoms with E-state index in [-0.39, 0.29) is 5.75 Å². The van der Waals surface area contributed by atoms with E-state index < -0.39 is 34.0 Å². The van der Waals surface area contributed by atoms with Gasteiger partial charge in [0.2, 0.25) is 15.9 Å². The summed E-state index contributed by atoms with van der Waals surface area (Å²) in [6.45, 7) is 4.90. The molecule has 2 atom stereocenters. The van der Waals surface area contributed by atoms with Gasteiger partial charge in [0, 0.05) is 0 Å². The van der Waals surface area contributed by atoms with Gasteiger partial charge in [0.15, 0.2) is 0 Å². The zero-order chi connectivity index (χ0) is 15.1. The number of carboxylic acid groups (broad SMARTS) is 1. The van der Waals surface area contributed by atoms with Gasteiger partial charge in [-0.15, -0.1) is 0 Å². The van der Waals surface area contributed by atoms with Gasteiger partial charge in [-0.2, -0.15) is 0 Å². The molecule has 0 saturated heterocycles. The van der Waals surface area contributed by atoms with Crippen LogP contribution in [0.5, 0.6) is 0 Å². The van der Waals surface area contributed by atoms with E-state index in [1.54, 1.807) is 13.8 Å². The van der Waals surface area contributed by atoms with Crippen molar-refractivity contribution >= 4 is 21.9 Å². The van der Waals surface area contributed by atoms with Gasteiger partial charge in [0.25, 0.3) is 0 Å². The molecule has 3 N–H and O–H groups in total. The Morgan fingerprint density at radius 1 is 1.21 bits per heavy atom. The van der Waals surface area contributed by atoms with Crippen LogP contribution in [-0.4, -0.2) is 43.2 Å². The highest BCUT2D eigenvalue weighted by molar-refractivity contribution is 7.89. The number of carbonyl (C=O) groups is 2. The van der Waals surface area contributed by atoms with Crippen LogP contribution in [0.25, 0.3) is 0 Å². The molecule has 8 heteroatoms. The lowest BCUT2D eigenvalue weighted by Gasteiger charge is -2.18. The minimum absolute atomic E-state index is 0.0675. The summed E-state index contributed by atoms with van der Waals surface area (Å²) in [6.07, 6.45) is 1.35. The quantitative estimate of drug-likeness (QED) is 0.557. The Kier molecular flexibility index (Phi) is 7.62. The lowest BCUT2D eigenvalue weighted by Crippen LogP contribution is -2.50. The third-order valence-electron chi connectivity index (χ3n) is 2.41. The first-order chi connectivity index (χ1) is 8.73. The SMILES string of the molecule is CCC[C@H](NC(=O)C(C)NS(=O)(=O)CCC)C(=O)O. The van der Waals surface area contributed by atoms with Crippen LogP contribution >= 0.6 is 0 Å². The van der Waals surface area contributed by atoms with Crippen LogP contribution in [0, 0.1) is 0 Å². The van der Waals surface area contributed by atoms with E-state index in [0.717, 1.165) is 0 Å². The molecule has 0 aliphatic carbocycles. The summed E-state index contributed by atoms with van der Waals surface area (Å²) in [7, 11) is -3.50. The van der Waals surface area contributed by atoms with Crippen LogP contribution in [0.15, 0.2) is 0 Å². The highest BCUT2D eigenvalue weighted by Gasteiger charge is 2.24. The minimum atomic E-state index is -3.50. The molecule has 0 rings (SSSR count). The number of carbonyl (C=O) groups excluding carboxylic acids is 1. The first-order valence-corrected chi connectivity index (χ1v) is 7.91. The van der Waals surface area contributed by atoms with Crippen molar-refractivity contribution < 1.29 is 23.1 Å². The van der Waals surface area contributed by atoms with E-state index in [0.29, 0.717) is 19.3 Å². The number of aliphatic carboxylic acids is 1. The summed E-state index contributed by atoms with van der Waals surface area (Å²) in [4.78, 5) is 22.6. The van der Waals surface area contributed by atoms with E-state index >= 15 is 0 Å². The van der Waals surface area contributed by atoms with E-state index in [4.69, 9.17) is 5.11 Å². The van der Waals surface area contributed by atoms with Gasteiger partial charge in [-0.25, -0.2) is 17.9 Å². The molecule has 0 bridgehead atoms. The third-order valence-corrected chi connectivity index (χ3v) is 4.07. The molecule has 0 aliphatic rings. The van der Waals surface area contributed by atoms with Gasteiger partial charge in [0.1, 0.15) is 6.04 Å². The van der Waals surface area contributed by atoms with Crippen molar-refractivity contribution in [3.63, 3.8) is 0 Å². The van der Waals surface area contributed by atoms with Gasteiger partial charge in [-0.3, -0.25) is 4.79 Å². The van der Waals surface area contributed by atoms with Crippen molar-refractivity contribution in [3.05, 3.63) is 0 Å². The molecule has 0 saturated carbocycles. The molecule has 1 unspecified atom stereocenters. The predicted octanol–water partition coefficient (Wildman–Crippen LogP) is 0.0738. The fourth-order valence-corrected chi connectivity index (χ4v) is 2.79. The Labute approximate surface area is 113 Å². The molecule has 19 heavy (non-hydrogen) atoms. The predicted molar refractivity (Wildman–Crippen MR) is 71.2 cm³/mol. The van der Waals surface area contributed by atoms with Gasteiger partial charge in [-0.05, 0) is 19.8 Å². The number of hydrogen-bond donors (Lipinski definition) is 3. The Morgan fingerprint density at radius 3 is 2.21 bits per heavy atom. The van der Waals surface area contributed by atoms with Gasteiger partial charge in [0.05, 0.1) is 11.8 Å². The van der Waals surface area contributed by atoms with Crippen molar-refractivity contribution in [2.24, 2.45) is 0 Å². The maximum absolute atomic E-state index is 11.7. The van der Waals surface area contributed by atoms with E-state index in [1.165, 1.54) is 6.92 Å². The summed E-state index contributed by atoms with van der Waals surface area (Å²) in [6, 6.07) is -1.98. The second kappa shape index (κ2) is 8.11. The van der Waals surface area contributed by atoms with Gasteiger partial charge >= 0.3 is 5.97 Å². The Hall–Kier alpha value is -1.15. The van der Waals surface area contributed by atoms with Crippen LogP contribution in [0.4, 0.5) is 0 Å². The average molecular weight is 294 g/mol. The van der Waals surface area contributed by atoms with Gasteiger partial charge in [-0.1, -0.05) is 20.3 Å². The van der Waals surface area contributed by atoms with Crippen LogP contribution in [-0.2, 0) is 19.6 Å². The molecule has 1 amide bonds. The molecule has 0 aliphatic heterocycles. The van der Waals surface area contributed by atoms with Crippen molar-refractivity contribution in [2.45, 2.75) is 52.1 Å². The lowest BCUT2D eigenvalue weighted by atomic mass is 10.1. The normalized spacial score (nSPS) is 14.7. The summed E-state index contributed by atoms with van der Waals surface area (Å²) < 4.78 is 25.2. The highest BCUT2D eigenvalue weighted by atomic mass is 32.2. The number of hydrogen-bond acceptors (Lipinski definition) is 4.